The van der Waals surface area contributed by atoms with E-state index in [9.17, 15) is 13.2 Å². The van der Waals surface area contributed by atoms with Crippen LogP contribution < -0.4 is 4.31 Å². The molecule has 0 heterocycles. The summed E-state index contributed by atoms with van der Waals surface area (Å²) in [5.74, 6) is -0.959. The molecule has 2 aromatic rings. The number of halogens is 1. The van der Waals surface area contributed by atoms with Gasteiger partial charge in [-0.1, -0.05) is 29.3 Å². The Kier molecular flexibility index (Phi) is 5.85. The number of benzene rings is 2. The van der Waals surface area contributed by atoms with Gasteiger partial charge in [0.2, 0.25) is 0 Å². The largest absolute Gasteiger partial charge is 0.481 e. The fourth-order valence-corrected chi connectivity index (χ4v) is 3.84. The zero-order valence-corrected chi connectivity index (χ0v) is 14.7. The number of sulfonamides is 1. The second kappa shape index (κ2) is 7.68. The number of carboxylic acid groups (broad SMARTS) is 1. The van der Waals surface area contributed by atoms with Crippen LogP contribution in [-0.2, 0) is 14.8 Å². The molecule has 0 radical (unpaired) electrons. The van der Waals surface area contributed by atoms with Gasteiger partial charge in [0.15, 0.2) is 0 Å². The van der Waals surface area contributed by atoms with Crippen molar-refractivity contribution in [2.24, 2.45) is 0 Å². The van der Waals surface area contributed by atoms with Crippen molar-refractivity contribution < 1.29 is 18.3 Å². The molecule has 2 rings (SSSR count). The number of hydrogen-bond acceptors (Lipinski definition) is 3. The first-order chi connectivity index (χ1) is 11.3. The highest BCUT2D eigenvalue weighted by Crippen LogP contribution is 2.26. The number of nitrogens with zero attached hydrogens (tertiary/aromatic N) is 1. The van der Waals surface area contributed by atoms with Gasteiger partial charge in [0, 0.05) is 18.0 Å². The highest BCUT2D eigenvalue weighted by Gasteiger charge is 2.24. The molecule has 0 aliphatic heterocycles. The third-order valence-electron chi connectivity index (χ3n) is 3.48. The minimum Gasteiger partial charge on any atom is -0.481 e. The van der Waals surface area contributed by atoms with Crippen LogP contribution in [-0.4, -0.2) is 26.0 Å². The van der Waals surface area contributed by atoms with Crippen LogP contribution >= 0.6 is 11.6 Å². The molecule has 0 bridgehead atoms. The molecule has 0 spiro atoms. The van der Waals surface area contributed by atoms with Crippen molar-refractivity contribution in [3.05, 3.63) is 59.1 Å². The second-order valence-electron chi connectivity index (χ2n) is 5.36. The Bertz CT molecular complexity index is 801. The third-order valence-corrected chi connectivity index (χ3v) is 5.57. The second-order valence-corrected chi connectivity index (χ2v) is 7.66. The van der Waals surface area contributed by atoms with Gasteiger partial charge in [-0.05, 0) is 49.7 Å². The maximum absolute atomic E-state index is 13.0. The zero-order valence-electron chi connectivity index (χ0n) is 13.1. The van der Waals surface area contributed by atoms with E-state index in [-0.39, 0.29) is 24.3 Å². The van der Waals surface area contributed by atoms with Crippen LogP contribution in [0.4, 0.5) is 5.69 Å². The molecule has 0 atom stereocenters. The lowest BCUT2D eigenvalue weighted by atomic mass is 10.2. The summed E-state index contributed by atoms with van der Waals surface area (Å²) in [5, 5.41) is 9.30. The van der Waals surface area contributed by atoms with Gasteiger partial charge in [0.1, 0.15) is 0 Å². The molecule has 0 unspecified atom stereocenters. The first-order valence-corrected chi connectivity index (χ1v) is 9.19. The van der Waals surface area contributed by atoms with Crippen molar-refractivity contribution in [2.75, 3.05) is 10.8 Å². The number of anilines is 1. The summed E-state index contributed by atoms with van der Waals surface area (Å²) in [5.41, 5.74) is 1.41. The predicted octanol–water partition coefficient (Wildman–Crippen LogP) is 3.71. The average molecular weight is 368 g/mol. The van der Waals surface area contributed by atoms with E-state index < -0.39 is 16.0 Å². The van der Waals surface area contributed by atoms with Gasteiger partial charge in [-0.3, -0.25) is 9.10 Å². The maximum atomic E-state index is 13.0. The molecule has 1 N–H and O–H groups in total. The quantitative estimate of drug-likeness (QED) is 0.809. The molecule has 7 heteroatoms. The number of hydrogen-bond donors (Lipinski definition) is 1. The molecule has 5 nitrogen and oxygen atoms in total. The fraction of sp³-hybridized carbons (Fsp3) is 0.235. The minimum absolute atomic E-state index is 0.0736. The molecule has 0 saturated heterocycles. The summed E-state index contributed by atoms with van der Waals surface area (Å²) >= 11 is 5.87. The van der Waals surface area contributed by atoms with Gasteiger partial charge in [-0.15, -0.1) is 0 Å². The number of carbonyl (C=O) groups is 1. The SMILES string of the molecule is Cc1ccc(S(=O)(=O)N(CCCC(=O)O)c2ccc(Cl)cc2)cc1. The Morgan fingerprint density at radius 1 is 1.08 bits per heavy atom. The summed E-state index contributed by atoms with van der Waals surface area (Å²) < 4.78 is 27.1. The van der Waals surface area contributed by atoms with Gasteiger partial charge in [0.25, 0.3) is 10.0 Å². The molecule has 2 aromatic carbocycles. The Labute approximate surface area is 146 Å². The Hall–Kier alpha value is -2.05. The first-order valence-electron chi connectivity index (χ1n) is 7.37. The molecule has 128 valence electrons. The van der Waals surface area contributed by atoms with Gasteiger partial charge in [0.05, 0.1) is 10.6 Å². The van der Waals surface area contributed by atoms with E-state index in [0.29, 0.717) is 10.7 Å². The lowest BCUT2D eigenvalue weighted by Gasteiger charge is -2.24. The number of carboxylic acids is 1. The van der Waals surface area contributed by atoms with Crippen LogP contribution in [0.15, 0.2) is 53.4 Å². The molecule has 0 fully saturated rings. The molecule has 0 aromatic heterocycles. The van der Waals surface area contributed by atoms with E-state index in [1.54, 1.807) is 48.5 Å². The van der Waals surface area contributed by atoms with Crippen molar-refractivity contribution in [3.63, 3.8) is 0 Å². The summed E-state index contributed by atoms with van der Waals surface area (Å²) in [6.07, 6.45) is 0.108. The van der Waals surface area contributed by atoms with Gasteiger partial charge in [-0.2, -0.15) is 0 Å². The van der Waals surface area contributed by atoms with E-state index in [1.165, 1.54) is 4.31 Å². The summed E-state index contributed by atoms with van der Waals surface area (Å²) in [7, 11) is -3.78. The first kappa shape index (κ1) is 18.3. The van der Waals surface area contributed by atoms with E-state index in [1.807, 2.05) is 6.92 Å². The van der Waals surface area contributed by atoms with Gasteiger partial charge >= 0.3 is 5.97 Å². The van der Waals surface area contributed by atoms with E-state index in [4.69, 9.17) is 16.7 Å². The Morgan fingerprint density at radius 3 is 2.21 bits per heavy atom. The van der Waals surface area contributed by atoms with Crippen LogP contribution in [0.5, 0.6) is 0 Å². The van der Waals surface area contributed by atoms with E-state index >= 15 is 0 Å². The van der Waals surface area contributed by atoms with Crippen molar-refractivity contribution >= 4 is 33.3 Å². The van der Waals surface area contributed by atoms with Crippen molar-refractivity contribution in [3.8, 4) is 0 Å². The van der Waals surface area contributed by atoms with Crippen molar-refractivity contribution in [1.82, 2.24) is 0 Å². The zero-order chi connectivity index (χ0) is 17.7. The maximum Gasteiger partial charge on any atom is 0.303 e. The number of aryl methyl sites for hydroxylation is 1. The van der Waals surface area contributed by atoms with Gasteiger partial charge < -0.3 is 5.11 Å². The number of aliphatic carboxylic acids is 1. The van der Waals surface area contributed by atoms with Crippen LogP contribution in [0.1, 0.15) is 18.4 Å². The molecule has 0 amide bonds. The molecule has 24 heavy (non-hydrogen) atoms. The van der Waals surface area contributed by atoms with Gasteiger partial charge in [-0.25, -0.2) is 8.42 Å². The monoisotopic (exact) mass is 367 g/mol. The lowest BCUT2D eigenvalue weighted by molar-refractivity contribution is -0.137. The average Bonchev–Trinajstić information content (AvgIpc) is 2.53. The molecule has 0 aliphatic carbocycles. The van der Waals surface area contributed by atoms with E-state index in [2.05, 4.69) is 0 Å². The topological polar surface area (TPSA) is 74.7 Å². The predicted molar refractivity (Wildman–Crippen MR) is 94.0 cm³/mol. The number of rotatable bonds is 7. The van der Waals surface area contributed by atoms with Crippen molar-refractivity contribution in [1.29, 1.82) is 0 Å². The Morgan fingerprint density at radius 2 is 1.67 bits per heavy atom. The molecule has 0 saturated carbocycles. The Balaban J connectivity index is 2.38. The fourth-order valence-electron chi connectivity index (χ4n) is 2.21. The van der Waals surface area contributed by atoms with Crippen molar-refractivity contribution in [2.45, 2.75) is 24.7 Å². The highest BCUT2D eigenvalue weighted by molar-refractivity contribution is 7.92. The molecular formula is C17H18ClNO4S. The van der Waals surface area contributed by atoms with Crippen LogP contribution in [0.25, 0.3) is 0 Å². The third kappa shape index (κ3) is 4.49. The van der Waals surface area contributed by atoms with E-state index in [0.717, 1.165) is 5.56 Å². The minimum atomic E-state index is -3.78. The van der Waals surface area contributed by atoms with Crippen LogP contribution in [0, 0.1) is 6.92 Å². The lowest BCUT2D eigenvalue weighted by Crippen LogP contribution is -2.32. The van der Waals surface area contributed by atoms with Crippen LogP contribution in [0.2, 0.25) is 5.02 Å². The molecule has 0 aliphatic rings. The van der Waals surface area contributed by atoms with Crippen LogP contribution in [0.3, 0.4) is 0 Å². The normalized spacial score (nSPS) is 11.2. The molecular weight excluding hydrogens is 350 g/mol. The smallest absolute Gasteiger partial charge is 0.303 e. The highest BCUT2D eigenvalue weighted by atomic mass is 35.5. The standard InChI is InChI=1S/C17H18ClNO4S/c1-13-4-10-16(11-5-13)24(22,23)19(12-2-3-17(20)21)15-8-6-14(18)7-9-15/h4-11H,2-3,12H2,1H3,(H,20,21). The summed E-state index contributed by atoms with van der Waals surface area (Å²) in [6.45, 7) is 1.95. The summed E-state index contributed by atoms with van der Waals surface area (Å²) in [4.78, 5) is 10.9. The summed E-state index contributed by atoms with van der Waals surface area (Å²) in [6, 6.07) is 13.0.